The van der Waals surface area contributed by atoms with Crippen LogP contribution in [0.5, 0.6) is 0 Å². The molecule has 0 bridgehead atoms. The highest BCUT2D eigenvalue weighted by atomic mass is 16.5. The molecule has 0 unspecified atom stereocenters. The second-order valence-electron chi connectivity index (χ2n) is 6.82. The van der Waals surface area contributed by atoms with Crippen LogP contribution in [0, 0.1) is 16.7 Å². The van der Waals surface area contributed by atoms with Gasteiger partial charge in [0, 0.05) is 13.0 Å². The molecule has 24 heavy (non-hydrogen) atoms. The Balaban J connectivity index is 2.08. The number of nitrogens with one attached hydrogen (secondary N) is 2. The Bertz CT molecular complexity index is 669. The Morgan fingerprint density at radius 2 is 2.00 bits per heavy atom. The second kappa shape index (κ2) is 6.21. The summed E-state index contributed by atoms with van der Waals surface area (Å²) in [5.41, 5.74) is 3.83. The van der Waals surface area contributed by atoms with Crippen LogP contribution in [0.15, 0.2) is 4.52 Å². The summed E-state index contributed by atoms with van der Waals surface area (Å²) in [5.74, 6) is -1.42. The van der Waals surface area contributed by atoms with E-state index in [-0.39, 0.29) is 36.0 Å². The summed E-state index contributed by atoms with van der Waals surface area (Å²) in [6.07, 6.45) is 1.24. The van der Waals surface area contributed by atoms with Crippen molar-refractivity contribution in [2.24, 2.45) is 22.5 Å². The molecule has 0 aromatic carbocycles. The minimum absolute atomic E-state index is 0.00454. The average Bonchev–Trinajstić information content (AvgIpc) is 3.09. The lowest BCUT2D eigenvalue weighted by Crippen LogP contribution is -2.49. The molecule has 1 aliphatic carbocycles. The van der Waals surface area contributed by atoms with Gasteiger partial charge in [-0.15, -0.1) is 0 Å². The normalized spacial score (nSPS) is 25.2. The molecule has 1 saturated carbocycles. The van der Waals surface area contributed by atoms with Gasteiger partial charge in [-0.1, -0.05) is 25.9 Å². The summed E-state index contributed by atoms with van der Waals surface area (Å²) in [6.45, 7) is 5.71. The topological polar surface area (TPSA) is 140 Å². The zero-order valence-corrected chi connectivity index (χ0v) is 14.3. The molecule has 1 aromatic rings. The van der Waals surface area contributed by atoms with E-state index in [4.69, 9.17) is 10.3 Å². The van der Waals surface area contributed by atoms with E-state index in [0.29, 0.717) is 12.8 Å². The van der Waals surface area contributed by atoms with Crippen LogP contribution < -0.4 is 16.4 Å². The van der Waals surface area contributed by atoms with Gasteiger partial charge in [0.05, 0.1) is 12.0 Å². The SMILES string of the molecule is CNC(=O)[C@H]1CC[C@@](C)(C(=O)NCc2nc(C(N)=O)no2)C1(C)C. The second-order valence-corrected chi connectivity index (χ2v) is 6.82. The Morgan fingerprint density at radius 3 is 2.54 bits per heavy atom. The van der Waals surface area contributed by atoms with Crippen molar-refractivity contribution in [3.05, 3.63) is 11.7 Å². The fourth-order valence-corrected chi connectivity index (χ4v) is 3.32. The van der Waals surface area contributed by atoms with E-state index in [0.717, 1.165) is 0 Å². The first-order valence-electron chi connectivity index (χ1n) is 7.75. The van der Waals surface area contributed by atoms with Crippen LogP contribution >= 0.6 is 0 Å². The molecule has 2 atom stereocenters. The van der Waals surface area contributed by atoms with E-state index < -0.39 is 16.7 Å². The maximum atomic E-state index is 12.7. The molecule has 0 radical (unpaired) electrons. The Morgan fingerprint density at radius 1 is 1.33 bits per heavy atom. The zero-order chi connectivity index (χ0) is 18.1. The molecule has 0 aliphatic heterocycles. The smallest absolute Gasteiger partial charge is 0.290 e. The number of nitrogens with two attached hydrogens (primary N) is 1. The van der Waals surface area contributed by atoms with Crippen molar-refractivity contribution in [3.8, 4) is 0 Å². The summed E-state index contributed by atoms with van der Waals surface area (Å²) in [5, 5.41) is 8.83. The van der Waals surface area contributed by atoms with Crippen LogP contribution in [0.3, 0.4) is 0 Å². The van der Waals surface area contributed by atoms with Crippen LogP contribution in [0.1, 0.15) is 50.1 Å². The van der Waals surface area contributed by atoms with Crippen molar-refractivity contribution in [2.75, 3.05) is 7.05 Å². The number of primary amides is 1. The zero-order valence-electron chi connectivity index (χ0n) is 14.3. The minimum atomic E-state index is -0.798. The van der Waals surface area contributed by atoms with Crippen LogP contribution in [0.2, 0.25) is 0 Å². The molecule has 0 spiro atoms. The van der Waals surface area contributed by atoms with Crippen molar-refractivity contribution >= 4 is 17.7 Å². The van der Waals surface area contributed by atoms with E-state index in [1.54, 1.807) is 7.05 Å². The summed E-state index contributed by atoms with van der Waals surface area (Å²) >= 11 is 0. The number of carbonyl (C=O) groups excluding carboxylic acids is 3. The number of rotatable bonds is 5. The van der Waals surface area contributed by atoms with Gasteiger partial charge in [-0.2, -0.15) is 4.98 Å². The highest BCUT2D eigenvalue weighted by molar-refractivity contribution is 5.88. The standard InChI is InChI=1S/C15H23N5O4/c1-14(2)8(12(22)17-4)5-6-15(14,3)13(23)18-7-9-19-11(10(16)21)20-24-9/h8H,5-7H2,1-4H3,(H2,16,21)(H,17,22)(H,18,23)/t8-,15+/m1/s1. The summed E-state index contributed by atoms with van der Waals surface area (Å²) in [7, 11) is 1.60. The monoisotopic (exact) mass is 337 g/mol. The fourth-order valence-electron chi connectivity index (χ4n) is 3.32. The molecule has 9 nitrogen and oxygen atoms in total. The molecular formula is C15H23N5O4. The van der Waals surface area contributed by atoms with Gasteiger partial charge in [-0.25, -0.2) is 0 Å². The molecule has 2 rings (SSSR count). The first-order chi connectivity index (χ1) is 11.1. The Labute approximate surface area is 139 Å². The average molecular weight is 337 g/mol. The number of hydrogen-bond acceptors (Lipinski definition) is 6. The van der Waals surface area contributed by atoms with Gasteiger partial charge in [0.25, 0.3) is 11.7 Å². The van der Waals surface area contributed by atoms with E-state index in [9.17, 15) is 14.4 Å². The molecule has 0 saturated heterocycles. The molecule has 132 valence electrons. The van der Waals surface area contributed by atoms with E-state index in [1.807, 2.05) is 20.8 Å². The number of carbonyl (C=O) groups is 3. The van der Waals surface area contributed by atoms with Crippen molar-refractivity contribution in [1.82, 2.24) is 20.8 Å². The third-order valence-electron chi connectivity index (χ3n) is 5.38. The predicted octanol–water partition coefficient (Wildman–Crippen LogP) is -0.0268. The maximum Gasteiger partial charge on any atom is 0.290 e. The highest BCUT2D eigenvalue weighted by Gasteiger charge is 2.57. The molecule has 1 fully saturated rings. The molecule has 1 heterocycles. The molecular weight excluding hydrogens is 314 g/mol. The van der Waals surface area contributed by atoms with Crippen LogP contribution in [-0.4, -0.2) is 34.9 Å². The molecule has 3 amide bonds. The van der Waals surface area contributed by atoms with Crippen molar-refractivity contribution in [2.45, 2.75) is 40.2 Å². The van der Waals surface area contributed by atoms with Crippen molar-refractivity contribution in [1.29, 1.82) is 0 Å². The Kier molecular flexibility index (Phi) is 4.63. The lowest BCUT2D eigenvalue weighted by Gasteiger charge is -2.39. The molecule has 9 heteroatoms. The van der Waals surface area contributed by atoms with Gasteiger partial charge in [0.15, 0.2) is 0 Å². The lowest BCUT2D eigenvalue weighted by molar-refractivity contribution is -0.139. The third-order valence-corrected chi connectivity index (χ3v) is 5.38. The van der Waals surface area contributed by atoms with E-state index in [2.05, 4.69) is 20.8 Å². The summed E-state index contributed by atoms with van der Waals surface area (Å²) in [4.78, 5) is 39.5. The van der Waals surface area contributed by atoms with Gasteiger partial charge >= 0.3 is 0 Å². The van der Waals surface area contributed by atoms with Gasteiger partial charge in [0.2, 0.25) is 17.7 Å². The van der Waals surface area contributed by atoms with Crippen LogP contribution in [0.4, 0.5) is 0 Å². The van der Waals surface area contributed by atoms with Gasteiger partial charge in [-0.05, 0) is 18.3 Å². The lowest BCUT2D eigenvalue weighted by atomic mass is 9.65. The minimum Gasteiger partial charge on any atom is -0.363 e. The van der Waals surface area contributed by atoms with Crippen molar-refractivity contribution in [3.63, 3.8) is 0 Å². The molecule has 1 aromatic heterocycles. The van der Waals surface area contributed by atoms with Crippen LogP contribution in [0.25, 0.3) is 0 Å². The van der Waals surface area contributed by atoms with E-state index >= 15 is 0 Å². The van der Waals surface area contributed by atoms with Gasteiger partial charge in [-0.3, -0.25) is 14.4 Å². The first kappa shape index (κ1) is 17.9. The fraction of sp³-hybridized carbons (Fsp3) is 0.667. The number of aromatic nitrogens is 2. The van der Waals surface area contributed by atoms with Crippen molar-refractivity contribution < 1.29 is 18.9 Å². The first-order valence-corrected chi connectivity index (χ1v) is 7.75. The summed E-state index contributed by atoms with van der Waals surface area (Å²) in [6, 6.07) is 0. The Hall–Kier alpha value is -2.45. The van der Waals surface area contributed by atoms with Crippen LogP contribution in [-0.2, 0) is 16.1 Å². The molecule has 1 aliphatic rings. The molecule has 4 N–H and O–H groups in total. The quantitative estimate of drug-likeness (QED) is 0.689. The predicted molar refractivity (Wildman–Crippen MR) is 83.3 cm³/mol. The summed E-state index contributed by atoms with van der Waals surface area (Å²) < 4.78 is 4.86. The number of nitrogens with zero attached hydrogens (tertiary/aromatic N) is 2. The maximum absolute atomic E-state index is 12.7. The number of amides is 3. The number of hydrogen-bond donors (Lipinski definition) is 3. The third kappa shape index (κ3) is 2.85. The van der Waals surface area contributed by atoms with Gasteiger partial charge < -0.3 is 20.9 Å². The van der Waals surface area contributed by atoms with E-state index in [1.165, 1.54) is 0 Å². The largest absolute Gasteiger partial charge is 0.363 e. The highest BCUT2D eigenvalue weighted by Crippen LogP contribution is 2.56. The van der Waals surface area contributed by atoms with Gasteiger partial charge in [0.1, 0.15) is 0 Å².